The second-order valence-corrected chi connectivity index (χ2v) is 8.47. The van der Waals surface area contributed by atoms with Gasteiger partial charge in [0.1, 0.15) is 5.82 Å². The number of amides is 3. The van der Waals surface area contributed by atoms with E-state index in [1.54, 1.807) is 19.0 Å². The molecular weight excluding hydrogens is 370 g/mol. The van der Waals surface area contributed by atoms with Crippen LogP contribution in [0.1, 0.15) is 34.9 Å². The molecular formula is C20H29N7O2. The molecule has 9 heteroatoms. The van der Waals surface area contributed by atoms with Gasteiger partial charge in [-0.05, 0) is 39.1 Å². The zero-order valence-corrected chi connectivity index (χ0v) is 17.6. The van der Waals surface area contributed by atoms with E-state index in [2.05, 4.69) is 29.2 Å². The molecule has 9 nitrogen and oxygen atoms in total. The summed E-state index contributed by atoms with van der Waals surface area (Å²) < 4.78 is 1.92. The molecule has 3 amide bonds. The Morgan fingerprint density at radius 1 is 1.00 bits per heavy atom. The van der Waals surface area contributed by atoms with Gasteiger partial charge < -0.3 is 19.6 Å². The second kappa shape index (κ2) is 7.62. The second-order valence-electron chi connectivity index (χ2n) is 8.47. The Balaban J connectivity index is 1.54. The number of aromatic nitrogens is 3. The summed E-state index contributed by atoms with van der Waals surface area (Å²) in [5.74, 6) is 0.979. The third-order valence-corrected chi connectivity index (χ3v) is 6.06. The number of carbonyl (C=O) groups is 2. The molecule has 4 heterocycles. The van der Waals surface area contributed by atoms with E-state index in [-0.39, 0.29) is 17.9 Å². The number of likely N-dealkylation sites (N-methyl/N-ethyl adjacent to an activating group) is 1. The van der Waals surface area contributed by atoms with Crippen LogP contribution in [0.4, 0.5) is 4.79 Å². The van der Waals surface area contributed by atoms with Crippen molar-refractivity contribution in [2.24, 2.45) is 0 Å². The van der Waals surface area contributed by atoms with Gasteiger partial charge in [-0.2, -0.15) is 0 Å². The molecule has 4 rings (SSSR count). The number of likely N-dealkylation sites (tertiary alicyclic amines) is 2. The molecule has 0 aromatic carbocycles. The fourth-order valence-electron chi connectivity index (χ4n) is 4.27. The Hall–Kier alpha value is -2.68. The van der Waals surface area contributed by atoms with Gasteiger partial charge in [0, 0.05) is 58.4 Å². The summed E-state index contributed by atoms with van der Waals surface area (Å²) in [6, 6.07) is 4.10. The molecule has 2 atom stereocenters. The van der Waals surface area contributed by atoms with E-state index in [4.69, 9.17) is 0 Å². The summed E-state index contributed by atoms with van der Waals surface area (Å²) in [4.78, 5) is 32.8. The van der Waals surface area contributed by atoms with Gasteiger partial charge in [0.2, 0.25) is 0 Å². The first-order chi connectivity index (χ1) is 13.8. The fourth-order valence-corrected chi connectivity index (χ4v) is 4.27. The van der Waals surface area contributed by atoms with Gasteiger partial charge in [0.15, 0.2) is 5.65 Å². The smallest absolute Gasteiger partial charge is 0.319 e. The summed E-state index contributed by atoms with van der Waals surface area (Å²) in [6.45, 7) is 2.85. The minimum Gasteiger partial charge on any atom is -0.337 e. The van der Waals surface area contributed by atoms with Crippen molar-refractivity contribution in [1.82, 2.24) is 34.2 Å². The van der Waals surface area contributed by atoms with E-state index in [9.17, 15) is 9.59 Å². The van der Waals surface area contributed by atoms with Crippen molar-refractivity contribution in [3.05, 3.63) is 29.7 Å². The van der Waals surface area contributed by atoms with Crippen LogP contribution in [0, 0.1) is 0 Å². The molecule has 2 aliphatic heterocycles. The number of nitrogens with zero attached hydrogens (tertiary/aromatic N) is 7. The molecule has 0 spiro atoms. The van der Waals surface area contributed by atoms with E-state index in [1.165, 1.54) is 0 Å². The molecule has 2 aromatic heterocycles. The molecule has 0 radical (unpaired) electrons. The van der Waals surface area contributed by atoms with Crippen LogP contribution in [0.3, 0.4) is 0 Å². The largest absolute Gasteiger partial charge is 0.337 e. The first-order valence-electron chi connectivity index (χ1n) is 10.1. The topological polar surface area (TPSA) is 77.3 Å². The summed E-state index contributed by atoms with van der Waals surface area (Å²) >= 11 is 0. The van der Waals surface area contributed by atoms with E-state index in [1.807, 2.05) is 32.5 Å². The number of rotatable bonds is 3. The van der Waals surface area contributed by atoms with Crippen LogP contribution in [0.15, 0.2) is 18.3 Å². The predicted octanol–water partition coefficient (Wildman–Crippen LogP) is 0.976. The van der Waals surface area contributed by atoms with E-state index < -0.39 is 0 Å². The monoisotopic (exact) mass is 399 g/mol. The maximum Gasteiger partial charge on any atom is 0.319 e. The van der Waals surface area contributed by atoms with Gasteiger partial charge in [-0.1, -0.05) is 0 Å². The maximum absolute atomic E-state index is 13.0. The lowest BCUT2D eigenvalue weighted by Crippen LogP contribution is -2.37. The lowest BCUT2D eigenvalue weighted by molar-refractivity contribution is 0.0782. The van der Waals surface area contributed by atoms with Crippen molar-refractivity contribution < 1.29 is 9.59 Å². The van der Waals surface area contributed by atoms with Crippen LogP contribution in [-0.4, -0.2) is 107 Å². The third kappa shape index (κ3) is 3.66. The number of hydrogen-bond acceptors (Lipinski definition) is 5. The van der Waals surface area contributed by atoms with Gasteiger partial charge in [0.25, 0.3) is 5.91 Å². The van der Waals surface area contributed by atoms with Crippen molar-refractivity contribution in [1.29, 1.82) is 0 Å². The Labute approximate surface area is 170 Å². The first-order valence-corrected chi connectivity index (χ1v) is 10.1. The molecule has 156 valence electrons. The lowest BCUT2D eigenvalue weighted by Gasteiger charge is -2.21. The minimum absolute atomic E-state index is 0.0154. The van der Waals surface area contributed by atoms with Crippen LogP contribution in [-0.2, 0) is 0 Å². The molecule has 2 fully saturated rings. The van der Waals surface area contributed by atoms with Crippen LogP contribution < -0.4 is 0 Å². The highest BCUT2D eigenvalue weighted by Crippen LogP contribution is 2.27. The Kier molecular flexibility index (Phi) is 5.16. The number of carbonyl (C=O) groups excluding carboxylic acids is 2. The number of fused-ring (bicyclic) bond motifs is 1. The molecule has 2 saturated heterocycles. The van der Waals surface area contributed by atoms with E-state index in [0.29, 0.717) is 24.7 Å². The van der Waals surface area contributed by atoms with Gasteiger partial charge in [0.05, 0.1) is 5.56 Å². The summed E-state index contributed by atoms with van der Waals surface area (Å²) in [7, 11) is 7.64. The highest BCUT2D eigenvalue weighted by atomic mass is 16.2. The lowest BCUT2D eigenvalue weighted by atomic mass is 10.1. The number of pyridine rings is 1. The Morgan fingerprint density at radius 2 is 1.76 bits per heavy atom. The van der Waals surface area contributed by atoms with E-state index in [0.717, 1.165) is 37.4 Å². The van der Waals surface area contributed by atoms with Crippen LogP contribution >= 0.6 is 0 Å². The standard InChI is InChI=1S/C20H29N7O2/c1-23(2)16-8-10-25(13-16)19(28)15-5-6-17-21-22-18(27(17)12-15)14-7-9-26(11-14)20(29)24(3)4/h5-6,12,14,16H,7-11,13H2,1-4H3/t14-,16+/m0/s1. The summed E-state index contributed by atoms with van der Waals surface area (Å²) in [5.41, 5.74) is 1.37. The SMILES string of the molecule is CN(C)C(=O)N1CC[C@H](c2nnc3ccc(C(=O)N4CC[C@@H](N(C)C)C4)cn23)C1. The fraction of sp³-hybridized carbons (Fsp3) is 0.600. The van der Waals surface area contributed by atoms with Crippen molar-refractivity contribution in [3.63, 3.8) is 0 Å². The molecule has 0 saturated carbocycles. The molecule has 0 aliphatic carbocycles. The van der Waals surface area contributed by atoms with Crippen molar-refractivity contribution >= 4 is 17.6 Å². The van der Waals surface area contributed by atoms with Crippen molar-refractivity contribution in [2.75, 3.05) is 54.4 Å². The zero-order chi connectivity index (χ0) is 20.7. The van der Waals surface area contributed by atoms with Crippen molar-refractivity contribution in [3.8, 4) is 0 Å². The normalized spacial score (nSPS) is 22.1. The predicted molar refractivity (Wildman–Crippen MR) is 109 cm³/mol. The van der Waals surface area contributed by atoms with E-state index >= 15 is 0 Å². The average Bonchev–Trinajstić information content (AvgIpc) is 3.44. The molecule has 0 bridgehead atoms. The third-order valence-electron chi connectivity index (χ3n) is 6.06. The van der Waals surface area contributed by atoms with Crippen LogP contribution in [0.2, 0.25) is 0 Å². The molecule has 2 aromatic rings. The quantitative estimate of drug-likeness (QED) is 0.769. The number of hydrogen-bond donors (Lipinski definition) is 0. The highest BCUT2D eigenvalue weighted by Gasteiger charge is 2.32. The minimum atomic E-state index is 0.0154. The Morgan fingerprint density at radius 3 is 2.45 bits per heavy atom. The zero-order valence-electron chi connectivity index (χ0n) is 17.6. The molecule has 0 unspecified atom stereocenters. The highest BCUT2D eigenvalue weighted by molar-refractivity contribution is 5.94. The maximum atomic E-state index is 13.0. The summed E-state index contributed by atoms with van der Waals surface area (Å²) in [6.07, 6.45) is 3.69. The van der Waals surface area contributed by atoms with Gasteiger partial charge in [-0.25, -0.2) is 4.79 Å². The Bertz CT molecular complexity index is 923. The molecule has 0 N–H and O–H groups in total. The van der Waals surface area contributed by atoms with Crippen LogP contribution in [0.25, 0.3) is 5.65 Å². The average molecular weight is 399 g/mol. The van der Waals surface area contributed by atoms with Gasteiger partial charge in [-0.3, -0.25) is 9.20 Å². The van der Waals surface area contributed by atoms with Crippen LogP contribution in [0.5, 0.6) is 0 Å². The summed E-state index contributed by atoms with van der Waals surface area (Å²) in [5, 5.41) is 8.65. The number of urea groups is 1. The van der Waals surface area contributed by atoms with Crippen molar-refractivity contribution in [2.45, 2.75) is 24.8 Å². The van der Waals surface area contributed by atoms with Gasteiger partial charge in [-0.15, -0.1) is 10.2 Å². The molecule has 29 heavy (non-hydrogen) atoms. The molecule has 2 aliphatic rings. The first kappa shape index (κ1) is 19.6. The van der Waals surface area contributed by atoms with Gasteiger partial charge >= 0.3 is 6.03 Å².